The van der Waals surface area contributed by atoms with Gasteiger partial charge in [0.15, 0.2) is 5.92 Å². The number of halogens is 5. The molecule has 0 saturated heterocycles. The Bertz CT molecular complexity index is 440. The van der Waals surface area contributed by atoms with E-state index in [1.165, 1.54) is 6.07 Å². The molecule has 1 atom stereocenters. The summed E-state index contributed by atoms with van der Waals surface area (Å²) in [5.41, 5.74) is 0.504. The maximum Gasteiger partial charge on any atom is 0.406 e. The van der Waals surface area contributed by atoms with E-state index < -0.39 is 18.6 Å². The van der Waals surface area contributed by atoms with Crippen molar-refractivity contribution >= 4 is 37.5 Å². The number of rotatable bonds is 3. The SMILES string of the molecule is N#CC(CNc1cc(Br)ccc1Br)C(F)(F)F. The van der Waals surface area contributed by atoms with E-state index in [-0.39, 0.29) is 0 Å². The van der Waals surface area contributed by atoms with E-state index in [1.807, 2.05) is 0 Å². The molecule has 1 unspecified atom stereocenters. The second-order valence-electron chi connectivity index (χ2n) is 3.23. The number of anilines is 1. The Kier molecular flexibility index (Phi) is 4.83. The van der Waals surface area contributed by atoms with Gasteiger partial charge in [-0.25, -0.2) is 0 Å². The normalized spacial score (nSPS) is 12.9. The van der Waals surface area contributed by atoms with Crippen molar-refractivity contribution in [2.24, 2.45) is 5.92 Å². The fourth-order valence-corrected chi connectivity index (χ4v) is 1.83. The molecule has 0 saturated carbocycles. The molecular weight excluding hydrogens is 365 g/mol. The summed E-state index contributed by atoms with van der Waals surface area (Å²) in [6.07, 6.45) is -4.51. The van der Waals surface area contributed by atoms with Crippen LogP contribution in [0.5, 0.6) is 0 Å². The first-order valence-corrected chi connectivity index (χ1v) is 6.08. The van der Waals surface area contributed by atoms with Crippen LogP contribution in [0.25, 0.3) is 0 Å². The molecule has 1 aromatic rings. The zero-order valence-electron chi connectivity index (χ0n) is 8.35. The van der Waals surface area contributed by atoms with E-state index in [0.717, 1.165) is 4.47 Å². The summed E-state index contributed by atoms with van der Waals surface area (Å²) >= 11 is 6.42. The predicted molar refractivity (Wildman–Crippen MR) is 65.5 cm³/mol. The molecule has 1 rings (SSSR count). The van der Waals surface area contributed by atoms with Gasteiger partial charge in [0.2, 0.25) is 0 Å². The van der Waals surface area contributed by atoms with Crippen molar-refractivity contribution in [3.8, 4) is 6.07 Å². The fraction of sp³-hybridized carbons (Fsp3) is 0.300. The van der Waals surface area contributed by atoms with E-state index in [1.54, 1.807) is 18.2 Å². The molecule has 2 nitrogen and oxygen atoms in total. The zero-order valence-corrected chi connectivity index (χ0v) is 11.5. The maximum absolute atomic E-state index is 12.3. The number of hydrogen-bond donors (Lipinski definition) is 1. The topological polar surface area (TPSA) is 35.8 Å². The summed E-state index contributed by atoms with van der Waals surface area (Å²) < 4.78 is 38.3. The van der Waals surface area contributed by atoms with Crippen molar-refractivity contribution in [3.05, 3.63) is 27.1 Å². The van der Waals surface area contributed by atoms with Crippen molar-refractivity contribution in [2.45, 2.75) is 6.18 Å². The van der Waals surface area contributed by atoms with Crippen LogP contribution in [0.15, 0.2) is 27.1 Å². The van der Waals surface area contributed by atoms with Gasteiger partial charge < -0.3 is 5.32 Å². The van der Waals surface area contributed by atoms with Gasteiger partial charge in [-0.2, -0.15) is 18.4 Å². The Labute approximate surface area is 113 Å². The van der Waals surface area contributed by atoms with Crippen molar-refractivity contribution < 1.29 is 13.2 Å². The predicted octanol–water partition coefficient (Wildman–Crippen LogP) is 4.33. The molecule has 0 spiro atoms. The van der Waals surface area contributed by atoms with Crippen molar-refractivity contribution in [3.63, 3.8) is 0 Å². The molecular formula is C10H7Br2F3N2. The van der Waals surface area contributed by atoms with Crippen molar-refractivity contribution in [1.82, 2.24) is 0 Å². The third-order valence-electron chi connectivity index (χ3n) is 1.98. The summed E-state index contributed by atoms with van der Waals surface area (Å²) in [6.45, 7) is -0.477. The minimum Gasteiger partial charge on any atom is -0.382 e. The molecule has 0 bridgehead atoms. The van der Waals surface area contributed by atoms with Crippen LogP contribution in [-0.2, 0) is 0 Å². The number of alkyl halides is 3. The van der Waals surface area contributed by atoms with Crippen LogP contribution >= 0.6 is 31.9 Å². The Morgan fingerprint density at radius 3 is 2.53 bits per heavy atom. The molecule has 0 heterocycles. The average Bonchev–Trinajstić information content (AvgIpc) is 2.22. The lowest BCUT2D eigenvalue weighted by atomic mass is 10.1. The Morgan fingerprint density at radius 1 is 1.35 bits per heavy atom. The highest BCUT2D eigenvalue weighted by Gasteiger charge is 2.39. The monoisotopic (exact) mass is 370 g/mol. The smallest absolute Gasteiger partial charge is 0.382 e. The molecule has 0 aliphatic rings. The third kappa shape index (κ3) is 4.21. The summed E-state index contributed by atoms with van der Waals surface area (Å²) in [4.78, 5) is 0. The van der Waals surface area contributed by atoms with Gasteiger partial charge in [0.25, 0.3) is 0 Å². The lowest BCUT2D eigenvalue weighted by Gasteiger charge is -2.15. The minimum absolute atomic E-state index is 0.477. The van der Waals surface area contributed by atoms with Crippen LogP contribution in [-0.4, -0.2) is 12.7 Å². The maximum atomic E-state index is 12.3. The van der Waals surface area contributed by atoms with Gasteiger partial charge >= 0.3 is 6.18 Å². The number of nitrogens with zero attached hydrogens (tertiary/aromatic N) is 1. The van der Waals surface area contributed by atoms with Crippen molar-refractivity contribution in [1.29, 1.82) is 5.26 Å². The first-order valence-electron chi connectivity index (χ1n) is 4.50. The molecule has 0 aromatic heterocycles. The molecule has 0 aliphatic carbocycles. The highest BCUT2D eigenvalue weighted by atomic mass is 79.9. The average molecular weight is 372 g/mol. The Hall–Kier alpha value is -0.740. The Balaban J connectivity index is 2.73. The quantitative estimate of drug-likeness (QED) is 0.858. The summed E-state index contributed by atoms with van der Waals surface area (Å²) in [5, 5.41) is 11.0. The Morgan fingerprint density at radius 2 is 2.00 bits per heavy atom. The van der Waals surface area contributed by atoms with Gasteiger partial charge in [-0.15, -0.1) is 0 Å². The fourth-order valence-electron chi connectivity index (χ4n) is 1.08. The molecule has 0 aliphatic heterocycles. The van der Waals surface area contributed by atoms with Gasteiger partial charge in [-0.3, -0.25) is 0 Å². The summed E-state index contributed by atoms with van der Waals surface area (Å²) in [7, 11) is 0. The third-order valence-corrected chi connectivity index (χ3v) is 3.16. The van der Waals surface area contributed by atoms with Gasteiger partial charge in [0, 0.05) is 21.2 Å². The van der Waals surface area contributed by atoms with Gasteiger partial charge in [-0.1, -0.05) is 15.9 Å². The van der Waals surface area contributed by atoms with E-state index in [4.69, 9.17) is 5.26 Å². The summed E-state index contributed by atoms with van der Waals surface area (Å²) in [6, 6.07) is 6.31. The second-order valence-corrected chi connectivity index (χ2v) is 5.00. The first-order chi connectivity index (χ1) is 7.84. The molecule has 92 valence electrons. The standard InChI is InChI=1S/C10H7Br2F3N2/c11-7-1-2-8(12)9(3-7)17-5-6(4-16)10(13,14)15/h1-3,6,17H,5H2. The number of benzene rings is 1. The number of nitrogens with one attached hydrogen (secondary N) is 1. The highest BCUT2D eigenvalue weighted by molar-refractivity contribution is 9.11. The molecule has 0 amide bonds. The van der Waals surface area contributed by atoms with Crippen LogP contribution in [0, 0.1) is 17.2 Å². The van der Waals surface area contributed by atoms with Crippen LogP contribution in [0.2, 0.25) is 0 Å². The lowest BCUT2D eigenvalue weighted by molar-refractivity contribution is -0.155. The number of hydrogen-bond acceptors (Lipinski definition) is 2. The van der Waals surface area contributed by atoms with Crippen molar-refractivity contribution in [2.75, 3.05) is 11.9 Å². The van der Waals surface area contributed by atoms with E-state index in [9.17, 15) is 13.2 Å². The lowest BCUT2D eigenvalue weighted by Crippen LogP contribution is -2.28. The van der Waals surface area contributed by atoms with Crippen LogP contribution < -0.4 is 5.32 Å². The van der Waals surface area contributed by atoms with Gasteiger partial charge in [0.05, 0.1) is 6.07 Å². The summed E-state index contributed by atoms with van der Waals surface area (Å²) in [5.74, 6) is -2.02. The minimum atomic E-state index is -4.51. The molecule has 1 N–H and O–H groups in total. The largest absolute Gasteiger partial charge is 0.406 e. The molecule has 17 heavy (non-hydrogen) atoms. The first kappa shape index (κ1) is 14.3. The molecule has 0 fully saturated rings. The van der Waals surface area contributed by atoms with Gasteiger partial charge in [0.1, 0.15) is 0 Å². The van der Waals surface area contributed by atoms with E-state index >= 15 is 0 Å². The van der Waals surface area contributed by atoms with E-state index in [2.05, 4.69) is 37.2 Å². The van der Waals surface area contributed by atoms with Crippen LogP contribution in [0.4, 0.5) is 18.9 Å². The molecule has 0 radical (unpaired) electrons. The second kappa shape index (κ2) is 5.74. The van der Waals surface area contributed by atoms with E-state index in [0.29, 0.717) is 10.2 Å². The molecule has 1 aromatic carbocycles. The van der Waals surface area contributed by atoms with Gasteiger partial charge in [-0.05, 0) is 34.1 Å². The highest BCUT2D eigenvalue weighted by Crippen LogP contribution is 2.29. The molecule has 7 heteroatoms. The van der Waals surface area contributed by atoms with Crippen LogP contribution in [0.1, 0.15) is 0 Å². The zero-order chi connectivity index (χ0) is 13.1. The number of nitriles is 1. The van der Waals surface area contributed by atoms with Crippen LogP contribution in [0.3, 0.4) is 0 Å².